The highest BCUT2D eigenvalue weighted by Crippen LogP contribution is 2.20. The highest BCUT2D eigenvalue weighted by Gasteiger charge is 2.15. The molecule has 0 atom stereocenters. The molecule has 0 spiro atoms. The van der Waals surface area contributed by atoms with Crippen LogP contribution in [0.25, 0.3) is 0 Å². The van der Waals surface area contributed by atoms with Crippen molar-refractivity contribution in [3.05, 3.63) is 29.1 Å². The molecule has 0 bridgehead atoms. The fraction of sp³-hybridized carbons (Fsp3) is 0.455. The van der Waals surface area contributed by atoms with Gasteiger partial charge in [-0.05, 0) is 30.9 Å². The lowest BCUT2D eigenvalue weighted by atomic mass is 10.2. The Morgan fingerprint density at radius 1 is 1.21 bits per heavy atom. The van der Waals surface area contributed by atoms with Crippen molar-refractivity contribution < 1.29 is 0 Å². The molecular formula is C11H13N3. The molecule has 3 nitrogen and oxygen atoms in total. The molecule has 0 saturated carbocycles. The van der Waals surface area contributed by atoms with E-state index in [2.05, 4.69) is 27.4 Å². The zero-order chi connectivity index (χ0) is 9.38. The molecule has 0 aromatic carbocycles. The van der Waals surface area contributed by atoms with Gasteiger partial charge in [0, 0.05) is 12.2 Å². The molecule has 1 aromatic heterocycles. The van der Waals surface area contributed by atoms with E-state index in [1.807, 2.05) is 0 Å². The van der Waals surface area contributed by atoms with E-state index in [1.165, 1.54) is 24.1 Å². The predicted molar refractivity (Wildman–Crippen MR) is 55.7 cm³/mol. The molecule has 14 heavy (non-hydrogen) atoms. The molecule has 1 N–H and O–H groups in total. The molecule has 0 amide bonds. The molecule has 0 saturated heterocycles. The first-order valence-corrected chi connectivity index (χ1v) is 5.21. The third kappa shape index (κ3) is 1.20. The van der Waals surface area contributed by atoms with Gasteiger partial charge >= 0.3 is 0 Å². The number of fused-ring (bicyclic) bond motifs is 1. The Labute approximate surface area is 83.3 Å². The largest absolute Gasteiger partial charge is 0.367 e. The summed E-state index contributed by atoms with van der Waals surface area (Å²) in [6, 6.07) is 4.29. The molecule has 3 rings (SSSR count). The topological polar surface area (TPSA) is 37.3 Å². The van der Waals surface area contributed by atoms with Crippen LogP contribution in [0.15, 0.2) is 17.1 Å². The van der Waals surface area contributed by atoms with E-state index >= 15 is 0 Å². The minimum absolute atomic E-state index is 0.883. The van der Waals surface area contributed by atoms with Crippen LogP contribution in [0.1, 0.15) is 23.4 Å². The van der Waals surface area contributed by atoms with Gasteiger partial charge in [-0.25, -0.2) is 4.98 Å². The van der Waals surface area contributed by atoms with Crippen molar-refractivity contribution in [1.82, 2.24) is 10.3 Å². The quantitative estimate of drug-likeness (QED) is 0.710. The number of aliphatic imine (C=N–C) groups is 1. The molecule has 1 aromatic rings. The van der Waals surface area contributed by atoms with Gasteiger partial charge in [-0.2, -0.15) is 0 Å². The van der Waals surface area contributed by atoms with Gasteiger partial charge in [0.2, 0.25) is 0 Å². The van der Waals surface area contributed by atoms with E-state index in [-0.39, 0.29) is 0 Å². The van der Waals surface area contributed by atoms with Crippen LogP contribution in [-0.4, -0.2) is 23.9 Å². The minimum Gasteiger partial charge on any atom is -0.367 e. The van der Waals surface area contributed by atoms with Crippen LogP contribution >= 0.6 is 0 Å². The van der Waals surface area contributed by atoms with E-state index in [0.717, 1.165) is 31.0 Å². The Morgan fingerprint density at radius 2 is 2.21 bits per heavy atom. The third-order valence-electron chi connectivity index (χ3n) is 2.84. The first-order chi connectivity index (χ1) is 6.93. The molecule has 72 valence electrons. The molecule has 0 radical (unpaired) electrons. The van der Waals surface area contributed by atoms with Gasteiger partial charge in [-0.1, -0.05) is 6.07 Å². The number of pyridine rings is 1. The van der Waals surface area contributed by atoms with Gasteiger partial charge in [0.15, 0.2) is 0 Å². The molecular weight excluding hydrogens is 174 g/mol. The molecule has 0 unspecified atom stereocenters. The van der Waals surface area contributed by atoms with Gasteiger partial charge in [0.05, 0.1) is 6.54 Å². The van der Waals surface area contributed by atoms with Crippen molar-refractivity contribution in [1.29, 1.82) is 0 Å². The molecule has 0 fully saturated rings. The van der Waals surface area contributed by atoms with Crippen molar-refractivity contribution in [3.8, 4) is 0 Å². The van der Waals surface area contributed by atoms with E-state index in [9.17, 15) is 0 Å². The lowest BCUT2D eigenvalue weighted by Crippen LogP contribution is -2.21. The number of aromatic nitrogens is 1. The zero-order valence-electron chi connectivity index (χ0n) is 8.08. The summed E-state index contributed by atoms with van der Waals surface area (Å²) in [6.07, 6.45) is 3.59. The summed E-state index contributed by atoms with van der Waals surface area (Å²) < 4.78 is 0. The summed E-state index contributed by atoms with van der Waals surface area (Å²) >= 11 is 0. The fourth-order valence-electron chi connectivity index (χ4n) is 2.12. The molecule has 2 aliphatic rings. The number of hydrogen-bond acceptors (Lipinski definition) is 3. The van der Waals surface area contributed by atoms with E-state index < -0.39 is 0 Å². The van der Waals surface area contributed by atoms with Gasteiger partial charge in [0.25, 0.3) is 0 Å². The number of nitrogens with zero attached hydrogens (tertiary/aromatic N) is 2. The van der Waals surface area contributed by atoms with Crippen molar-refractivity contribution >= 4 is 5.84 Å². The maximum Gasteiger partial charge on any atom is 0.147 e. The Balaban J connectivity index is 2.00. The second-order valence-electron chi connectivity index (χ2n) is 3.81. The Bertz CT molecular complexity index is 396. The SMILES string of the molecule is c1cc2c(nc1C1=NCCN1)CCC2. The lowest BCUT2D eigenvalue weighted by molar-refractivity contribution is 0.898. The van der Waals surface area contributed by atoms with Crippen LogP contribution in [0.5, 0.6) is 0 Å². The first-order valence-electron chi connectivity index (χ1n) is 5.21. The van der Waals surface area contributed by atoms with Crippen LogP contribution < -0.4 is 5.32 Å². The second-order valence-corrected chi connectivity index (χ2v) is 3.81. The monoisotopic (exact) mass is 187 g/mol. The first kappa shape index (κ1) is 7.97. The summed E-state index contributed by atoms with van der Waals surface area (Å²) in [5.74, 6) is 0.972. The Morgan fingerprint density at radius 3 is 3.07 bits per heavy atom. The summed E-state index contributed by atoms with van der Waals surface area (Å²) in [6.45, 7) is 1.84. The van der Waals surface area contributed by atoms with Gasteiger partial charge < -0.3 is 5.32 Å². The second kappa shape index (κ2) is 3.08. The van der Waals surface area contributed by atoms with Crippen molar-refractivity contribution in [2.75, 3.05) is 13.1 Å². The minimum atomic E-state index is 0.883. The molecule has 1 aliphatic carbocycles. The predicted octanol–water partition coefficient (Wildman–Crippen LogP) is 0.920. The number of rotatable bonds is 1. The van der Waals surface area contributed by atoms with Crippen LogP contribution in [0.3, 0.4) is 0 Å². The van der Waals surface area contributed by atoms with E-state index in [4.69, 9.17) is 0 Å². The van der Waals surface area contributed by atoms with Crippen LogP contribution in [0.2, 0.25) is 0 Å². The smallest absolute Gasteiger partial charge is 0.147 e. The van der Waals surface area contributed by atoms with E-state index in [1.54, 1.807) is 0 Å². The number of nitrogens with one attached hydrogen (secondary N) is 1. The summed E-state index contributed by atoms with van der Waals surface area (Å²) in [4.78, 5) is 9.02. The van der Waals surface area contributed by atoms with Crippen LogP contribution in [-0.2, 0) is 12.8 Å². The maximum atomic E-state index is 4.64. The lowest BCUT2D eigenvalue weighted by Gasteiger charge is -2.04. The standard InChI is InChI=1S/C11H13N3/c1-2-8-4-5-10(14-9(8)3-1)11-12-6-7-13-11/h4-5H,1-3,6-7H2,(H,12,13). The van der Waals surface area contributed by atoms with Gasteiger partial charge in [-0.3, -0.25) is 4.99 Å². The molecule has 2 heterocycles. The van der Waals surface area contributed by atoms with Crippen molar-refractivity contribution in [2.24, 2.45) is 4.99 Å². The fourth-order valence-corrected chi connectivity index (χ4v) is 2.12. The number of amidine groups is 1. The average molecular weight is 187 g/mol. The highest BCUT2D eigenvalue weighted by molar-refractivity contribution is 5.98. The Kier molecular flexibility index (Phi) is 1.76. The van der Waals surface area contributed by atoms with Gasteiger partial charge in [-0.15, -0.1) is 0 Å². The van der Waals surface area contributed by atoms with E-state index in [0.29, 0.717) is 0 Å². The summed E-state index contributed by atoms with van der Waals surface area (Å²) in [5.41, 5.74) is 3.72. The van der Waals surface area contributed by atoms with Crippen molar-refractivity contribution in [2.45, 2.75) is 19.3 Å². The highest BCUT2D eigenvalue weighted by atomic mass is 15.1. The van der Waals surface area contributed by atoms with Crippen LogP contribution in [0, 0.1) is 0 Å². The molecule has 1 aliphatic heterocycles. The summed E-state index contributed by atoms with van der Waals surface area (Å²) in [5, 5.41) is 3.25. The number of hydrogen-bond donors (Lipinski definition) is 1. The third-order valence-corrected chi connectivity index (χ3v) is 2.84. The van der Waals surface area contributed by atoms with Crippen LogP contribution in [0.4, 0.5) is 0 Å². The van der Waals surface area contributed by atoms with Gasteiger partial charge in [0.1, 0.15) is 11.5 Å². The van der Waals surface area contributed by atoms with Crippen molar-refractivity contribution in [3.63, 3.8) is 0 Å². The average Bonchev–Trinajstić information content (AvgIpc) is 2.88. The Hall–Kier alpha value is -1.38. The number of aryl methyl sites for hydroxylation is 2. The normalized spacial score (nSPS) is 19.0. The maximum absolute atomic E-state index is 4.64. The zero-order valence-corrected chi connectivity index (χ0v) is 8.08. The summed E-state index contributed by atoms with van der Waals surface area (Å²) in [7, 11) is 0. The molecule has 3 heteroatoms.